The molecule has 0 spiro atoms. The summed E-state index contributed by atoms with van der Waals surface area (Å²) in [7, 11) is 1.63. The molecule has 0 saturated heterocycles. The number of carbonyl (C=O) groups is 1. The predicted molar refractivity (Wildman–Crippen MR) is 39.8 cm³/mol. The van der Waals surface area contributed by atoms with Crippen molar-refractivity contribution in [3.63, 3.8) is 0 Å². The van der Waals surface area contributed by atoms with Gasteiger partial charge < -0.3 is 5.73 Å². The van der Waals surface area contributed by atoms with Crippen LogP contribution in [0.25, 0.3) is 0 Å². The smallest absolute Gasteiger partial charge is 0.236 e. The summed E-state index contributed by atoms with van der Waals surface area (Å²) in [6.07, 6.45) is 0. The van der Waals surface area contributed by atoms with Gasteiger partial charge in [0.15, 0.2) is 0 Å². The molecule has 0 heterocycles. The Labute approximate surface area is 61.1 Å². The molecule has 0 aromatic heterocycles. The molecule has 60 valence electrons. The first-order valence-corrected chi connectivity index (χ1v) is 3.23. The third-order valence-corrected chi connectivity index (χ3v) is 1.36. The van der Waals surface area contributed by atoms with Crippen LogP contribution in [0.1, 0.15) is 13.8 Å². The van der Waals surface area contributed by atoms with Crippen molar-refractivity contribution in [2.75, 3.05) is 7.05 Å². The van der Waals surface area contributed by atoms with Gasteiger partial charge >= 0.3 is 0 Å². The maximum absolute atomic E-state index is 10.7. The van der Waals surface area contributed by atoms with E-state index in [4.69, 9.17) is 11.6 Å². The Bertz CT molecular complexity index is 114. The highest BCUT2D eigenvalue weighted by molar-refractivity contribution is 5.79. The van der Waals surface area contributed by atoms with E-state index in [-0.39, 0.29) is 17.9 Å². The zero-order chi connectivity index (χ0) is 8.31. The molecular weight excluding hydrogens is 130 g/mol. The lowest BCUT2D eigenvalue weighted by molar-refractivity contribution is -0.124. The molecule has 0 aliphatic heterocycles. The van der Waals surface area contributed by atoms with Crippen molar-refractivity contribution in [2.45, 2.75) is 19.9 Å². The van der Waals surface area contributed by atoms with Crippen LogP contribution in [0, 0.1) is 5.92 Å². The second-order valence-electron chi connectivity index (χ2n) is 2.76. The Morgan fingerprint density at radius 1 is 1.50 bits per heavy atom. The molecule has 0 rings (SSSR count). The topological polar surface area (TPSA) is 72.4 Å². The van der Waals surface area contributed by atoms with Crippen LogP contribution in [0.2, 0.25) is 0 Å². The van der Waals surface area contributed by atoms with Crippen LogP contribution < -0.4 is 11.6 Å². The Balaban J connectivity index is 4.12. The van der Waals surface area contributed by atoms with E-state index in [9.17, 15) is 4.79 Å². The van der Waals surface area contributed by atoms with E-state index in [2.05, 4.69) is 0 Å². The maximum Gasteiger partial charge on any atom is 0.236 e. The van der Waals surface area contributed by atoms with Gasteiger partial charge in [-0.05, 0) is 5.92 Å². The number of hydrazine groups is 1. The molecule has 10 heavy (non-hydrogen) atoms. The molecule has 0 fully saturated rings. The molecule has 4 heteroatoms. The van der Waals surface area contributed by atoms with Crippen molar-refractivity contribution in [3.8, 4) is 0 Å². The SMILES string of the molecule is CC(C)C(C(N)=O)N(C)N. The summed E-state index contributed by atoms with van der Waals surface area (Å²) in [6, 6.07) is -0.361. The third kappa shape index (κ3) is 2.33. The van der Waals surface area contributed by atoms with E-state index in [1.54, 1.807) is 7.05 Å². The van der Waals surface area contributed by atoms with E-state index >= 15 is 0 Å². The first-order chi connectivity index (χ1) is 4.46. The van der Waals surface area contributed by atoms with Crippen molar-refractivity contribution >= 4 is 5.91 Å². The van der Waals surface area contributed by atoms with Gasteiger partial charge in [0.1, 0.15) is 6.04 Å². The fourth-order valence-corrected chi connectivity index (χ4v) is 1.000. The molecule has 0 aliphatic carbocycles. The van der Waals surface area contributed by atoms with Crippen LogP contribution >= 0.6 is 0 Å². The first kappa shape index (κ1) is 9.39. The number of nitrogens with zero attached hydrogens (tertiary/aromatic N) is 1. The molecule has 0 aromatic carbocycles. The van der Waals surface area contributed by atoms with Gasteiger partial charge in [-0.3, -0.25) is 10.6 Å². The van der Waals surface area contributed by atoms with Gasteiger partial charge in [-0.25, -0.2) is 5.01 Å². The Morgan fingerprint density at radius 3 is 1.90 bits per heavy atom. The number of likely N-dealkylation sites (N-methyl/N-ethyl adjacent to an activating group) is 1. The molecule has 0 saturated carbocycles. The number of carbonyl (C=O) groups excluding carboxylic acids is 1. The summed E-state index contributed by atoms with van der Waals surface area (Å²) in [5.41, 5.74) is 5.08. The summed E-state index contributed by atoms with van der Waals surface area (Å²) < 4.78 is 0. The van der Waals surface area contributed by atoms with Crippen LogP contribution in [0.5, 0.6) is 0 Å². The van der Waals surface area contributed by atoms with Crippen LogP contribution in [-0.4, -0.2) is 24.0 Å². The molecule has 4 N–H and O–H groups in total. The van der Waals surface area contributed by atoms with E-state index in [1.165, 1.54) is 5.01 Å². The minimum atomic E-state index is -0.375. The maximum atomic E-state index is 10.7. The van der Waals surface area contributed by atoms with Gasteiger partial charge in [-0.1, -0.05) is 13.8 Å². The van der Waals surface area contributed by atoms with Crippen molar-refractivity contribution < 1.29 is 4.79 Å². The number of amides is 1. The minimum Gasteiger partial charge on any atom is -0.368 e. The van der Waals surface area contributed by atoms with Crippen LogP contribution in [0.15, 0.2) is 0 Å². The van der Waals surface area contributed by atoms with Crippen molar-refractivity contribution in [1.29, 1.82) is 0 Å². The normalized spacial score (nSPS) is 14.2. The zero-order valence-electron chi connectivity index (χ0n) is 6.66. The largest absolute Gasteiger partial charge is 0.368 e. The second-order valence-corrected chi connectivity index (χ2v) is 2.76. The quantitative estimate of drug-likeness (QED) is 0.407. The Morgan fingerprint density at radius 2 is 1.90 bits per heavy atom. The zero-order valence-corrected chi connectivity index (χ0v) is 6.66. The van der Waals surface area contributed by atoms with E-state index in [1.807, 2.05) is 13.8 Å². The summed E-state index contributed by atoms with van der Waals surface area (Å²) in [6.45, 7) is 3.80. The lowest BCUT2D eigenvalue weighted by Crippen LogP contribution is -2.49. The van der Waals surface area contributed by atoms with Gasteiger partial charge in [0.2, 0.25) is 5.91 Å². The fraction of sp³-hybridized carbons (Fsp3) is 0.833. The number of primary amides is 1. The van der Waals surface area contributed by atoms with Crippen LogP contribution in [-0.2, 0) is 4.79 Å². The van der Waals surface area contributed by atoms with Gasteiger partial charge in [0.05, 0.1) is 0 Å². The number of nitrogens with two attached hydrogens (primary N) is 2. The average Bonchev–Trinajstić information content (AvgIpc) is 1.59. The molecule has 0 aromatic rings. The molecule has 1 amide bonds. The fourth-order valence-electron chi connectivity index (χ4n) is 1.000. The van der Waals surface area contributed by atoms with Crippen molar-refractivity contribution in [1.82, 2.24) is 5.01 Å². The van der Waals surface area contributed by atoms with Crippen molar-refractivity contribution in [2.24, 2.45) is 17.5 Å². The second kappa shape index (κ2) is 3.53. The van der Waals surface area contributed by atoms with Crippen LogP contribution in [0.3, 0.4) is 0 Å². The molecule has 1 unspecified atom stereocenters. The Hall–Kier alpha value is -0.610. The molecule has 4 nitrogen and oxygen atoms in total. The highest BCUT2D eigenvalue weighted by Crippen LogP contribution is 2.04. The summed E-state index contributed by atoms with van der Waals surface area (Å²) >= 11 is 0. The van der Waals surface area contributed by atoms with Gasteiger partial charge in [-0.2, -0.15) is 0 Å². The molecular formula is C6H15N3O. The molecule has 0 bridgehead atoms. The molecule has 0 aliphatic rings. The number of hydrogen-bond acceptors (Lipinski definition) is 3. The monoisotopic (exact) mass is 145 g/mol. The Kier molecular flexibility index (Phi) is 3.32. The number of hydrogen-bond donors (Lipinski definition) is 2. The highest BCUT2D eigenvalue weighted by atomic mass is 16.1. The van der Waals surface area contributed by atoms with E-state index < -0.39 is 0 Å². The number of rotatable bonds is 3. The standard InChI is InChI=1S/C6H15N3O/c1-4(2)5(6(7)10)9(3)8/h4-5H,8H2,1-3H3,(H2,7,10). The lowest BCUT2D eigenvalue weighted by atomic mass is 10.0. The average molecular weight is 145 g/mol. The minimum absolute atomic E-state index is 0.160. The molecule has 1 atom stereocenters. The van der Waals surface area contributed by atoms with Gasteiger partial charge in [-0.15, -0.1) is 0 Å². The van der Waals surface area contributed by atoms with Gasteiger partial charge in [0, 0.05) is 7.05 Å². The third-order valence-electron chi connectivity index (χ3n) is 1.36. The summed E-state index contributed by atoms with van der Waals surface area (Å²) in [5, 5.41) is 1.34. The summed E-state index contributed by atoms with van der Waals surface area (Å²) in [4.78, 5) is 10.7. The van der Waals surface area contributed by atoms with E-state index in [0.717, 1.165) is 0 Å². The lowest BCUT2D eigenvalue weighted by Gasteiger charge is -2.23. The van der Waals surface area contributed by atoms with E-state index in [0.29, 0.717) is 0 Å². The van der Waals surface area contributed by atoms with Crippen molar-refractivity contribution in [3.05, 3.63) is 0 Å². The molecule has 0 radical (unpaired) electrons. The first-order valence-electron chi connectivity index (χ1n) is 3.23. The summed E-state index contributed by atoms with van der Waals surface area (Å²) in [5.74, 6) is 5.16. The highest BCUT2D eigenvalue weighted by Gasteiger charge is 2.21. The van der Waals surface area contributed by atoms with Crippen LogP contribution in [0.4, 0.5) is 0 Å². The van der Waals surface area contributed by atoms with Gasteiger partial charge in [0.25, 0.3) is 0 Å². The predicted octanol–water partition coefficient (Wildman–Crippen LogP) is -0.698.